The number of anilines is 1. The topological polar surface area (TPSA) is 89.8 Å². The van der Waals surface area contributed by atoms with Crippen molar-refractivity contribution in [1.29, 1.82) is 0 Å². The molecule has 1 aromatic heterocycles. The normalized spacial score (nSPS) is 14.1. The van der Waals surface area contributed by atoms with Crippen LogP contribution in [0.4, 0.5) is 5.69 Å². The standard InChI is InChI=1S/C17H17N5O2S/c23-25(24,17-10-5-13-3-1-2-4-14(13)11-17)19-15-6-8-16(9-7-15)22-12-18-20-21-22/h5-12,19H,1-4H2. The molecule has 8 heteroatoms. The van der Waals surface area contributed by atoms with Gasteiger partial charge in [0.1, 0.15) is 6.33 Å². The van der Waals surface area contributed by atoms with Gasteiger partial charge in [-0.2, -0.15) is 0 Å². The zero-order chi connectivity index (χ0) is 17.3. The van der Waals surface area contributed by atoms with Gasteiger partial charge in [0, 0.05) is 5.69 Å². The molecular weight excluding hydrogens is 338 g/mol. The molecule has 4 rings (SSSR count). The molecule has 0 aliphatic heterocycles. The maximum Gasteiger partial charge on any atom is 0.261 e. The molecule has 1 aliphatic carbocycles. The Hall–Kier alpha value is -2.74. The number of aromatic nitrogens is 4. The van der Waals surface area contributed by atoms with E-state index in [-0.39, 0.29) is 0 Å². The zero-order valence-corrected chi connectivity index (χ0v) is 14.3. The summed E-state index contributed by atoms with van der Waals surface area (Å²) in [6, 6.07) is 12.3. The quantitative estimate of drug-likeness (QED) is 0.776. The van der Waals surface area contributed by atoms with Crippen molar-refractivity contribution < 1.29 is 8.42 Å². The van der Waals surface area contributed by atoms with Crippen molar-refractivity contribution in [3.63, 3.8) is 0 Å². The molecular formula is C17H17N5O2S. The minimum atomic E-state index is -3.61. The number of sulfonamides is 1. The average molecular weight is 355 g/mol. The first-order valence-corrected chi connectivity index (χ1v) is 9.58. The summed E-state index contributed by atoms with van der Waals surface area (Å²) >= 11 is 0. The van der Waals surface area contributed by atoms with E-state index < -0.39 is 10.0 Å². The first-order valence-electron chi connectivity index (χ1n) is 8.10. The molecule has 1 N–H and O–H groups in total. The van der Waals surface area contributed by atoms with Crippen molar-refractivity contribution in [2.45, 2.75) is 30.6 Å². The second-order valence-electron chi connectivity index (χ2n) is 6.04. The molecule has 7 nitrogen and oxygen atoms in total. The molecule has 0 spiro atoms. The van der Waals surface area contributed by atoms with Crippen LogP contribution in [-0.4, -0.2) is 28.6 Å². The van der Waals surface area contributed by atoms with E-state index in [1.807, 2.05) is 6.07 Å². The maximum atomic E-state index is 12.7. The lowest BCUT2D eigenvalue weighted by Crippen LogP contribution is -2.14. The van der Waals surface area contributed by atoms with Crippen LogP contribution < -0.4 is 4.72 Å². The lowest BCUT2D eigenvalue weighted by atomic mass is 9.92. The number of nitrogens with one attached hydrogen (secondary N) is 1. The molecule has 1 aliphatic rings. The van der Waals surface area contributed by atoms with Gasteiger partial charge in [-0.3, -0.25) is 4.72 Å². The predicted octanol–water partition coefficient (Wildman–Crippen LogP) is 2.34. The van der Waals surface area contributed by atoms with E-state index in [0.717, 1.165) is 30.5 Å². The minimum absolute atomic E-state index is 0.303. The third-order valence-electron chi connectivity index (χ3n) is 4.36. The van der Waals surface area contributed by atoms with Gasteiger partial charge < -0.3 is 0 Å². The summed E-state index contributed by atoms with van der Waals surface area (Å²) in [5, 5.41) is 10.9. The number of nitrogens with zero attached hydrogens (tertiary/aromatic N) is 4. The number of hydrogen-bond acceptors (Lipinski definition) is 5. The number of hydrogen-bond donors (Lipinski definition) is 1. The summed E-state index contributed by atoms with van der Waals surface area (Å²) in [6.07, 6.45) is 5.74. The molecule has 3 aromatic rings. The van der Waals surface area contributed by atoms with Crippen molar-refractivity contribution >= 4 is 15.7 Å². The Morgan fingerprint density at radius 2 is 1.72 bits per heavy atom. The Balaban J connectivity index is 1.57. The summed E-state index contributed by atoms with van der Waals surface area (Å²) in [5.74, 6) is 0. The van der Waals surface area contributed by atoms with Crippen molar-refractivity contribution in [2.24, 2.45) is 0 Å². The summed E-state index contributed by atoms with van der Waals surface area (Å²) < 4.78 is 29.4. The van der Waals surface area contributed by atoms with Gasteiger partial charge in [-0.15, -0.1) is 5.10 Å². The van der Waals surface area contributed by atoms with Crippen molar-refractivity contribution in [3.8, 4) is 5.69 Å². The molecule has 2 aromatic carbocycles. The average Bonchev–Trinajstić information content (AvgIpc) is 3.16. The van der Waals surface area contributed by atoms with Gasteiger partial charge in [0.25, 0.3) is 10.0 Å². The maximum absolute atomic E-state index is 12.7. The van der Waals surface area contributed by atoms with E-state index in [1.54, 1.807) is 36.4 Å². The second-order valence-corrected chi connectivity index (χ2v) is 7.73. The fourth-order valence-electron chi connectivity index (χ4n) is 3.05. The molecule has 0 bridgehead atoms. The highest BCUT2D eigenvalue weighted by molar-refractivity contribution is 7.92. The largest absolute Gasteiger partial charge is 0.280 e. The molecule has 1 heterocycles. The smallest absolute Gasteiger partial charge is 0.261 e. The first-order chi connectivity index (χ1) is 12.1. The van der Waals surface area contributed by atoms with Crippen LogP contribution in [0.2, 0.25) is 0 Å². The lowest BCUT2D eigenvalue weighted by Gasteiger charge is -2.17. The highest BCUT2D eigenvalue weighted by atomic mass is 32.2. The Kier molecular flexibility index (Phi) is 3.96. The Morgan fingerprint density at radius 1 is 0.960 bits per heavy atom. The molecule has 0 unspecified atom stereocenters. The van der Waals surface area contributed by atoms with Gasteiger partial charge in [-0.1, -0.05) is 6.07 Å². The Labute approximate surface area is 145 Å². The molecule has 0 fully saturated rings. The fraction of sp³-hybridized carbons (Fsp3) is 0.235. The van der Waals surface area contributed by atoms with E-state index >= 15 is 0 Å². The van der Waals surface area contributed by atoms with E-state index in [2.05, 4.69) is 20.2 Å². The van der Waals surface area contributed by atoms with Crippen LogP contribution in [0.25, 0.3) is 5.69 Å². The van der Waals surface area contributed by atoms with Crippen LogP contribution in [0.5, 0.6) is 0 Å². The van der Waals surface area contributed by atoms with Crippen LogP contribution in [0.15, 0.2) is 53.7 Å². The van der Waals surface area contributed by atoms with Gasteiger partial charge in [-0.05, 0) is 83.6 Å². The molecule has 0 radical (unpaired) electrons. The monoisotopic (exact) mass is 355 g/mol. The van der Waals surface area contributed by atoms with Crippen molar-refractivity contribution in [1.82, 2.24) is 20.2 Å². The van der Waals surface area contributed by atoms with E-state index in [4.69, 9.17) is 0 Å². The summed E-state index contributed by atoms with van der Waals surface area (Å²) in [4.78, 5) is 0.303. The van der Waals surface area contributed by atoms with Gasteiger partial charge in [0.2, 0.25) is 0 Å². The van der Waals surface area contributed by atoms with Crippen LogP contribution in [0.3, 0.4) is 0 Å². The third kappa shape index (κ3) is 3.25. The van der Waals surface area contributed by atoms with Crippen molar-refractivity contribution in [2.75, 3.05) is 4.72 Å². The minimum Gasteiger partial charge on any atom is -0.280 e. The molecule has 0 atom stereocenters. The van der Waals surface area contributed by atoms with E-state index in [1.165, 1.54) is 23.0 Å². The van der Waals surface area contributed by atoms with Gasteiger partial charge in [0.15, 0.2) is 0 Å². The SMILES string of the molecule is O=S(=O)(Nc1ccc(-n2cnnn2)cc1)c1ccc2c(c1)CCCC2. The highest BCUT2D eigenvalue weighted by Gasteiger charge is 2.18. The predicted molar refractivity (Wildman–Crippen MR) is 93.0 cm³/mol. The fourth-order valence-corrected chi connectivity index (χ4v) is 4.16. The highest BCUT2D eigenvalue weighted by Crippen LogP contribution is 2.25. The molecule has 0 saturated carbocycles. The van der Waals surface area contributed by atoms with Gasteiger partial charge >= 0.3 is 0 Å². The van der Waals surface area contributed by atoms with E-state index in [0.29, 0.717) is 10.6 Å². The number of tetrazole rings is 1. The molecule has 0 amide bonds. The molecule has 128 valence electrons. The zero-order valence-electron chi connectivity index (χ0n) is 13.5. The Bertz CT molecular complexity index is 982. The second kappa shape index (κ2) is 6.29. The Morgan fingerprint density at radius 3 is 2.44 bits per heavy atom. The summed E-state index contributed by atoms with van der Waals surface area (Å²) in [6.45, 7) is 0. The van der Waals surface area contributed by atoms with Crippen molar-refractivity contribution in [3.05, 3.63) is 59.9 Å². The summed E-state index contributed by atoms with van der Waals surface area (Å²) in [5.41, 5.74) is 3.65. The van der Waals surface area contributed by atoms with Crippen LogP contribution in [-0.2, 0) is 22.9 Å². The number of benzene rings is 2. The first kappa shape index (κ1) is 15.8. The molecule has 25 heavy (non-hydrogen) atoms. The number of rotatable bonds is 4. The summed E-state index contributed by atoms with van der Waals surface area (Å²) in [7, 11) is -3.61. The lowest BCUT2D eigenvalue weighted by molar-refractivity contribution is 0.600. The van der Waals surface area contributed by atoms with Crippen LogP contribution >= 0.6 is 0 Å². The van der Waals surface area contributed by atoms with Gasteiger partial charge in [0.05, 0.1) is 10.6 Å². The van der Waals surface area contributed by atoms with E-state index in [9.17, 15) is 8.42 Å². The third-order valence-corrected chi connectivity index (χ3v) is 5.74. The van der Waals surface area contributed by atoms with Gasteiger partial charge in [-0.25, -0.2) is 13.1 Å². The number of aryl methyl sites for hydroxylation is 2. The van der Waals surface area contributed by atoms with Crippen LogP contribution in [0.1, 0.15) is 24.0 Å². The molecule has 0 saturated heterocycles. The number of fused-ring (bicyclic) bond motifs is 1. The van der Waals surface area contributed by atoms with Crippen LogP contribution in [0, 0.1) is 0 Å².